The first-order valence-electron chi connectivity index (χ1n) is 12.7. The van der Waals surface area contributed by atoms with Crippen molar-refractivity contribution in [1.82, 2.24) is 9.99 Å². The van der Waals surface area contributed by atoms with Gasteiger partial charge in [-0.05, 0) is 69.3 Å². The Kier molecular flexibility index (Phi) is 9.50. The first kappa shape index (κ1) is 31.0. The number of amides is 1. The molecule has 0 radical (unpaired) electrons. The predicted octanol–water partition coefficient (Wildman–Crippen LogP) is 6.07. The van der Waals surface area contributed by atoms with Gasteiger partial charge in [-0.2, -0.15) is 5.10 Å². The fourth-order valence-electron chi connectivity index (χ4n) is 4.42. The second kappa shape index (κ2) is 12.9. The number of methoxy groups -OCH3 is 2. The zero-order chi connectivity index (χ0) is 30.6. The van der Waals surface area contributed by atoms with Crippen LogP contribution in [-0.2, 0) is 14.8 Å². The predicted molar refractivity (Wildman–Crippen MR) is 166 cm³/mol. The third kappa shape index (κ3) is 6.56. The van der Waals surface area contributed by atoms with E-state index in [1.54, 1.807) is 36.4 Å². The molecule has 1 aromatic heterocycles. The first-order valence-corrected chi connectivity index (χ1v) is 14.9. The highest BCUT2D eigenvalue weighted by Crippen LogP contribution is 2.32. The van der Waals surface area contributed by atoms with Gasteiger partial charge in [-0.25, -0.2) is 13.8 Å². The van der Waals surface area contributed by atoms with E-state index in [9.17, 15) is 13.2 Å². The van der Waals surface area contributed by atoms with E-state index in [2.05, 4.69) is 10.5 Å². The number of anilines is 1. The number of carbonyl (C=O) groups excluding carboxylic acids is 1. The molecule has 42 heavy (non-hydrogen) atoms. The van der Waals surface area contributed by atoms with Crippen molar-refractivity contribution in [2.45, 2.75) is 25.7 Å². The van der Waals surface area contributed by atoms with Gasteiger partial charge in [-0.1, -0.05) is 40.9 Å². The number of halogens is 2. The highest BCUT2D eigenvalue weighted by Gasteiger charge is 2.28. The fraction of sp³-hybridized carbons (Fsp3) is 0.200. The third-order valence-electron chi connectivity index (χ3n) is 6.57. The lowest BCUT2D eigenvalue weighted by Crippen LogP contribution is -2.39. The Morgan fingerprint density at radius 2 is 1.64 bits per heavy atom. The van der Waals surface area contributed by atoms with Crippen molar-refractivity contribution >= 4 is 51.0 Å². The number of ether oxygens (including phenoxy) is 2. The smallest absolute Gasteiger partial charge is 0.264 e. The number of aromatic nitrogens is 1. The number of nitrogens with zero attached hydrogens (tertiary/aromatic N) is 3. The topological polar surface area (TPSA) is 102 Å². The van der Waals surface area contributed by atoms with E-state index in [1.807, 2.05) is 37.5 Å². The van der Waals surface area contributed by atoms with Gasteiger partial charge in [0, 0.05) is 28.0 Å². The second-order valence-electron chi connectivity index (χ2n) is 9.41. The number of benzene rings is 3. The van der Waals surface area contributed by atoms with E-state index in [0.717, 1.165) is 32.5 Å². The molecule has 0 unspecified atom stereocenters. The van der Waals surface area contributed by atoms with E-state index >= 15 is 0 Å². The van der Waals surface area contributed by atoms with Crippen LogP contribution in [0.25, 0.3) is 5.69 Å². The molecule has 12 heteroatoms. The molecule has 4 aromatic rings. The molecule has 0 aliphatic carbocycles. The van der Waals surface area contributed by atoms with Gasteiger partial charge >= 0.3 is 0 Å². The Bertz CT molecular complexity index is 1750. The van der Waals surface area contributed by atoms with Gasteiger partial charge in [0.2, 0.25) is 0 Å². The summed E-state index contributed by atoms with van der Waals surface area (Å²) in [4.78, 5) is 13.0. The van der Waals surface area contributed by atoms with Crippen LogP contribution in [0.5, 0.6) is 11.5 Å². The highest BCUT2D eigenvalue weighted by molar-refractivity contribution is 7.92. The minimum atomic E-state index is -4.18. The first-order chi connectivity index (χ1) is 20.0. The van der Waals surface area contributed by atoms with Crippen LogP contribution < -0.4 is 19.2 Å². The number of sulfonamides is 1. The van der Waals surface area contributed by atoms with Crippen LogP contribution in [0.4, 0.5) is 5.69 Å². The number of hydrogen-bond donors (Lipinski definition) is 1. The van der Waals surface area contributed by atoms with E-state index in [-0.39, 0.29) is 10.6 Å². The zero-order valence-corrected chi connectivity index (χ0v) is 26.0. The Hall–Kier alpha value is -3.99. The van der Waals surface area contributed by atoms with Crippen molar-refractivity contribution in [3.63, 3.8) is 0 Å². The van der Waals surface area contributed by atoms with Crippen LogP contribution in [0, 0.1) is 20.8 Å². The zero-order valence-electron chi connectivity index (χ0n) is 23.7. The molecular formula is C30H30Cl2N4O5S. The van der Waals surface area contributed by atoms with Crippen molar-refractivity contribution in [2.75, 3.05) is 25.1 Å². The summed E-state index contributed by atoms with van der Waals surface area (Å²) in [5, 5.41) is 5.13. The van der Waals surface area contributed by atoms with Crippen molar-refractivity contribution < 1.29 is 22.7 Å². The minimum absolute atomic E-state index is 0.0645. The number of rotatable bonds is 10. The Balaban J connectivity index is 1.59. The van der Waals surface area contributed by atoms with Gasteiger partial charge in [0.25, 0.3) is 15.9 Å². The summed E-state index contributed by atoms with van der Waals surface area (Å²) in [5.74, 6) is -0.0116. The molecule has 0 saturated heterocycles. The summed E-state index contributed by atoms with van der Waals surface area (Å²) in [6, 6.07) is 18.2. The number of hydrogen-bond acceptors (Lipinski definition) is 6. The quantitative estimate of drug-likeness (QED) is 0.170. The lowest BCUT2D eigenvalue weighted by atomic mass is 10.2. The maximum absolute atomic E-state index is 13.8. The SMILES string of the molecule is COc1ccc(S(=O)(=O)N(CC(=O)N/N=C/c2cc(C)n(-c3ccc(Cl)cc3Cl)c2C)c2ccc(C)cc2)cc1OC. The average Bonchev–Trinajstić information content (AvgIpc) is 3.24. The third-order valence-corrected chi connectivity index (χ3v) is 8.87. The summed E-state index contributed by atoms with van der Waals surface area (Å²) in [6.45, 7) is 5.19. The van der Waals surface area contributed by atoms with E-state index in [1.165, 1.54) is 38.6 Å². The van der Waals surface area contributed by atoms with Gasteiger partial charge < -0.3 is 14.0 Å². The Morgan fingerprint density at radius 3 is 2.29 bits per heavy atom. The molecular weight excluding hydrogens is 599 g/mol. The summed E-state index contributed by atoms with van der Waals surface area (Å²) in [7, 11) is -1.31. The molecule has 0 saturated carbocycles. The molecule has 0 fully saturated rings. The van der Waals surface area contributed by atoms with E-state index < -0.39 is 22.5 Å². The number of aryl methyl sites for hydroxylation is 2. The Morgan fingerprint density at radius 1 is 0.952 bits per heavy atom. The van der Waals surface area contributed by atoms with Gasteiger partial charge in [0.1, 0.15) is 6.54 Å². The van der Waals surface area contributed by atoms with E-state index in [0.29, 0.717) is 21.5 Å². The highest BCUT2D eigenvalue weighted by atomic mass is 35.5. The molecule has 0 aliphatic heterocycles. The molecule has 0 bridgehead atoms. The molecule has 0 atom stereocenters. The average molecular weight is 630 g/mol. The second-order valence-corrected chi connectivity index (χ2v) is 12.1. The van der Waals surface area contributed by atoms with E-state index in [4.69, 9.17) is 32.7 Å². The van der Waals surface area contributed by atoms with Crippen LogP contribution in [0.3, 0.4) is 0 Å². The maximum Gasteiger partial charge on any atom is 0.264 e. The van der Waals surface area contributed by atoms with Gasteiger partial charge in [-0.15, -0.1) is 0 Å². The van der Waals surface area contributed by atoms with Crippen molar-refractivity contribution in [3.05, 3.63) is 99.3 Å². The number of hydrazone groups is 1. The number of carbonyl (C=O) groups is 1. The van der Waals surface area contributed by atoms with Crippen molar-refractivity contribution in [1.29, 1.82) is 0 Å². The molecule has 0 aliphatic rings. The van der Waals surface area contributed by atoms with Gasteiger partial charge in [-0.3, -0.25) is 9.10 Å². The Labute approximate surface area is 255 Å². The van der Waals surface area contributed by atoms with Crippen LogP contribution in [-0.4, -0.2) is 45.9 Å². The van der Waals surface area contributed by atoms with Crippen LogP contribution in [0.15, 0.2) is 76.7 Å². The molecule has 9 nitrogen and oxygen atoms in total. The lowest BCUT2D eigenvalue weighted by Gasteiger charge is -2.24. The molecule has 3 aromatic carbocycles. The molecule has 0 spiro atoms. The summed E-state index contributed by atoms with van der Waals surface area (Å²) in [6.07, 6.45) is 1.50. The molecule has 4 rings (SSSR count). The minimum Gasteiger partial charge on any atom is -0.493 e. The summed E-state index contributed by atoms with van der Waals surface area (Å²) >= 11 is 12.5. The molecule has 1 N–H and O–H groups in total. The van der Waals surface area contributed by atoms with Crippen molar-refractivity contribution in [3.8, 4) is 17.2 Å². The molecule has 1 heterocycles. The molecule has 220 valence electrons. The number of nitrogens with one attached hydrogen (secondary N) is 1. The monoisotopic (exact) mass is 628 g/mol. The standard InChI is InChI=1S/C30H30Cl2N4O5S/c1-19-6-9-24(10-7-19)35(42(38,39)25-11-13-28(40-4)29(16-25)41-5)18-30(37)34-33-17-22-14-20(2)36(21(22)3)27-12-8-23(31)15-26(27)32/h6-17H,18H2,1-5H3,(H,34,37)/b33-17+. The fourth-order valence-corrected chi connectivity index (χ4v) is 6.35. The van der Waals surface area contributed by atoms with Gasteiger partial charge in [0.05, 0.1) is 41.7 Å². The summed E-state index contributed by atoms with van der Waals surface area (Å²) < 4.78 is 41.0. The van der Waals surface area contributed by atoms with Crippen molar-refractivity contribution in [2.24, 2.45) is 5.10 Å². The maximum atomic E-state index is 13.8. The largest absolute Gasteiger partial charge is 0.493 e. The van der Waals surface area contributed by atoms with Crippen LogP contribution in [0.2, 0.25) is 10.0 Å². The van der Waals surface area contributed by atoms with Crippen LogP contribution >= 0.6 is 23.2 Å². The van der Waals surface area contributed by atoms with Gasteiger partial charge in [0.15, 0.2) is 11.5 Å². The van der Waals surface area contributed by atoms with Crippen LogP contribution in [0.1, 0.15) is 22.5 Å². The lowest BCUT2D eigenvalue weighted by molar-refractivity contribution is -0.119. The normalized spacial score (nSPS) is 11.5. The summed E-state index contributed by atoms with van der Waals surface area (Å²) in [5.41, 5.74) is 6.94. The molecule has 1 amide bonds.